The zero-order chi connectivity index (χ0) is 21.7. The van der Waals surface area contributed by atoms with Crippen molar-refractivity contribution in [1.29, 1.82) is 5.26 Å². The number of nitrogens with zero attached hydrogens (tertiary/aromatic N) is 3. The van der Waals surface area contributed by atoms with E-state index in [1.165, 1.54) is 29.8 Å². The first-order chi connectivity index (χ1) is 14.4. The Morgan fingerprint density at radius 3 is 2.63 bits per heavy atom. The average Bonchev–Trinajstić information content (AvgIpc) is 3.00. The number of aromatic nitrogens is 2. The van der Waals surface area contributed by atoms with Crippen LogP contribution in [0.25, 0.3) is 6.08 Å². The number of ether oxygens (including phenoxy) is 1. The zero-order valence-corrected chi connectivity index (χ0v) is 17.1. The fourth-order valence-electron chi connectivity index (χ4n) is 3.08. The average molecular weight is 403 g/mol. The lowest BCUT2D eigenvalue weighted by Gasteiger charge is -2.05. The van der Waals surface area contributed by atoms with E-state index in [1.807, 2.05) is 31.5 Å². The van der Waals surface area contributed by atoms with Gasteiger partial charge in [-0.2, -0.15) is 10.4 Å². The zero-order valence-electron chi connectivity index (χ0n) is 17.1. The van der Waals surface area contributed by atoms with E-state index < -0.39 is 11.8 Å². The van der Waals surface area contributed by atoms with Gasteiger partial charge >= 0.3 is 5.97 Å². The highest BCUT2D eigenvalue weighted by Crippen LogP contribution is 2.17. The van der Waals surface area contributed by atoms with Crippen molar-refractivity contribution in [2.45, 2.75) is 33.9 Å². The van der Waals surface area contributed by atoms with Gasteiger partial charge in [0.25, 0.3) is 0 Å². The molecule has 152 valence electrons. The van der Waals surface area contributed by atoms with E-state index in [2.05, 4.69) is 29.4 Å². The van der Waals surface area contributed by atoms with Crippen molar-refractivity contribution < 1.29 is 13.9 Å². The van der Waals surface area contributed by atoms with Crippen LogP contribution in [-0.2, 0) is 22.7 Å². The maximum Gasteiger partial charge on any atom is 0.331 e. The first-order valence-corrected chi connectivity index (χ1v) is 9.50. The largest absolute Gasteiger partial charge is 0.458 e. The molecule has 0 atom stereocenters. The Bertz CT molecular complexity index is 1140. The molecule has 0 spiro atoms. The standard InChI is InChI=1S/C24H22FN3O2/c1-16-4-6-19(7-5-16)14-28-18(3)22(17(2)27-28)9-11-24(29)30-15-21-12-20(13-26)8-10-23(21)25/h4-12H,14-15H2,1-3H3/b11-9+. The highest BCUT2D eigenvalue weighted by Gasteiger charge is 2.11. The van der Waals surface area contributed by atoms with E-state index in [0.29, 0.717) is 12.1 Å². The van der Waals surface area contributed by atoms with Crippen LogP contribution in [0.2, 0.25) is 0 Å². The summed E-state index contributed by atoms with van der Waals surface area (Å²) in [6, 6.07) is 14.1. The van der Waals surface area contributed by atoms with Gasteiger partial charge in [-0.25, -0.2) is 9.18 Å². The lowest BCUT2D eigenvalue weighted by atomic mass is 10.1. The molecule has 0 amide bonds. The number of benzene rings is 2. The number of carbonyl (C=O) groups excluding carboxylic acids is 1. The monoisotopic (exact) mass is 403 g/mol. The highest BCUT2D eigenvalue weighted by atomic mass is 19.1. The molecule has 1 aromatic heterocycles. The third kappa shape index (κ3) is 5.00. The molecule has 0 N–H and O–H groups in total. The third-order valence-electron chi connectivity index (χ3n) is 4.82. The molecule has 3 rings (SSSR count). The van der Waals surface area contributed by atoms with Crippen LogP contribution in [0.15, 0.2) is 48.5 Å². The van der Waals surface area contributed by atoms with Crippen LogP contribution in [0, 0.1) is 37.9 Å². The predicted octanol–water partition coefficient (Wildman–Crippen LogP) is 4.62. The fraction of sp³-hybridized carbons (Fsp3) is 0.208. The summed E-state index contributed by atoms with van der Waals surface area (Å²) < 4.78 is 20.8. The summed E-state index contributed by atoms with van der Waals surface area (Å²) in [6.45, 7) is 6.27. The number of rotatable bonds is 6. The fourth-order valence-corrected chi connectivity index (χ4v) is 3.08. The Morgan fingerprint density at radius 1 is 1.20 bits per heavy atom. The smallest absolute Gasteiger partial charge is 0.331 e. The molecule has 3 aromatic rings. The molecule has 0 aliphatic carbocycles. The molecular formula is C24H22FN3O2. The molecular weight excluding hydrogens is 381 g/mol. The summed E-state index contributed by atoms with van der Waals surface area (Å²) in [7, 11) is 0. The van der Waals surface area contributed by atoms with Crippen LogP contribution in [0.3, 0.4) is 0 Å². The van der Waals surface area contributed by atoms with E-state index in [1.54, 1.807) is 6.08 Å². The highest BCUT2D eigenvalue weighted by molar-refractivity contribution is 5.87. The molecule has 1 heterocycles. The van der Waals surface area contributed by atoms with Crippen LogP contribution in [0.1, 0.15) is 39.2 Å². The molecule has 6 heteroatoms. The van der Waals surface area contributed by atoms with Gasteiger partial charge in [0.2, 0.25) is 0 Å². The minimum atomic E-state index is -0.596. The van der Waals surface area contributed by atoms with Crippen molar-refractivity contribution in [1.82, 2.24) is 9.78 Å². The molecule has 0 fully saturated rings. The van der Waals surface area contributed by atoms with Crippen LogP contribution < -0.4 is 0 Å². The summed E-state index contributed by atoms with van der Waals surface area (Å²) in [6.07, 6.45) is 2.97. The second-order valence-electron chi connectivity index (χ2n) is 7.09. The van der Waals surface area contributed by atoms with Crippen LogP contribution >= 0.6 is 0 Å². The lowest BCUT2D eigenvalue weighted by molar-refractivity contribution is -0.138. The number of carbonyl (C=O) groups is 1. The van der Waals surface area contributed by atoms with Crippen LogP contribution in [0.5, 0.6) is 0 Å². The van der Waals surface area contributed by atoms with E-state index in [0.717, 1.165) is 22.5 Å². The molecule has 5 nitrogen and oxygen atoms in total. The SMILES string of the molecule is Cc1ccc(Cn2nc(C)c(/C=C/C(=O)OCc3cc(C#N)ccc3F)c2C)cc1. The molecule has 0 saturated heterocycles. The Kier molecular flexibility index (Phi) is 6.43. The Balaban J connectivity index is 1.67. The normalized spacial score (nSPS) is 10.9. The Morgan fingerprint density at radius 2 is 1.93 bits per heavy atom. The molecule has 0 bridgehead atoms. The van der Waals surface area contributed by atoms with Gasteiger partial charge < -0.3 is 4.74 Å². The van der Waals surface area contributed by atoms with Gasteiger partial charge in [0, 0.05) is 22.9 Å². The second-order valence-corrected chi connectivity index (χ2v) is 7.09. The summed E-state index contributed by atoms with van der Waals surface area (Å²) >= 11 is 0. The summed E-state index contributed by atoms with van der Waals surface area (Å²) in [5.74, 6) is -1.11. The van der Waals surface area contributed by atoms with Gasteiger partial charge in [0.15, 0.2) is 0 Å². The second kappa shape index (κ2) is 9.19. The van der Waals surface area contributed by atoms with Gasteiger partial charge in [0.05, 0.1) is 23.9 Å². The van der Waals surface area contributed by atoms with E-state index >= 15 is 0 Å². The summed E-state index contributed by atoms with van der Waals surface area (Å²) in [4.78, 5) is 12.1. The predicted molar refractivity (Wildman–Crippen MR) is 112 cm³/mol. The molecule has 0 radical (unpaired) electrons. The summed E-state index contributed by atoms with van der Waals surface area (Å²) in [5.41, 5.74) is 5.40. The minimum absolute atomic E-state index is 0.161. The molecule has 0 aliphatic heterocycles. The minimum Gasteiger partial charge on any atom is -0.458 e. The van der Waals surface area contributed by atoms with Crippen molar-refractivity contribution in [3.8, 4) is 6.07 Å². The number of esters is 1. The first kappa shape index (κ1) is 21.0. The van der Waals surface area contributed by atoms with Crippen LogP contribution in [0.4, 0.5) is 4.39 Å². The van der Waals surface area contributed by atoms with Gasteiger partial charge in [-0.3, -0.25) is 4.68 Å². The molecule has 0 saturated carbocycles. The third-order valence-corrected chi connectivity index (χ3v) is 4.82. The number of nitriles is 1. The van der Waals surface area contributed by atoms with Gasteiger partial charge in [-0.1, -0.05) is 29.8 Å². The van der Waals surface area contributed by atoms with Crippen LogP contribution in [-0.4, -0.2) is 15.7 Å². The number of halogens is 1. The van der Waals surface area contributed by atoms with Crippen molar-refractivity contribution in [2.75, 3.05) is 0 Å². The maximum atomic E-state index is 13.8. The van der Waals surface area contributed by atoms with Crippen molar-refractivity contribution in [3.63, 3.8) is 0 Å². The van der Waals surface area contributed by atoms with E-state index in [4.69, 9.17) is 10.00 Å². The number of hydrogen-bond donors (Lipinski definition) is 0. The quantitative estimate of drug-likeness (QED) is 0.445. The van der Waals surface area contributed by atoms with Gasteiger partial charge in [0.1, 0.15) is 12.4 Å². The Labute approximate surface area is 175 Å². The number of hydrogen-bond acceptors (Lipinski definition) is 4. The van der Waals surface area contributed by atoms with Crippen molar-refractivity contribution in [3.05, 3.63) is 93.6 Å². The topological polar surface area (TPSA) is 67.9 Å². The summed E-state index contributed by atoms with van der Waals surface area (Å²) in [5, 5.41) is 13.5. The first-order valence-electron chi connectivity index (χ1n) is 9.50. The number of aryl methyl sites for hydroxylation is 2. The molecule has 0 aliphatic rings. The van der Waals surface area contributed by atoms with E-state index in [9.17, 15) is 9.18 Å². The molecule has 0 unspecified atom stereocenters. The lowest BCUT2D eigenvalue weighted by Crippen LogP contribution is -2.04. The van der Waals surface area contributed by atoms with E-state index in [-0.39, 0.29) is 12.2 Å². The van der Waals surface area contributed by atoms with Crippen molar-refractivity contribution >= 4 is 12.0 Å². The maximum absolute atomic E-state index is 13.8. The van der Waals surface area contributed by atoms with Gasteiger partial charge in [-0.15, -0.1) is 0 Å². The molecule has 2 aromatic carbocycles. The molecule has 30 heavy (non-hydrogen) atoms. The van der Waals surface area contributed by atoms with Crippen molar-refractivity contribution in [2.24, 2.45) is 0 Å². The Hall–Kier alpha value is -3.72. The van der Waals surface area contributed by atoms with Gasteiger partial charge in [-0.05, 0) is 50.6 Å².